The van der Waals surface area contributed by atoms with E-state index in [1.165, 1.54) is 0 Å². The average molecular weight is 424 g/mol. The molecular weight excluding hydrogens is 394 g/mol. The minimum atomic E-state index is -0.412. The van der Waals surface area contributed by atoms with Gasteiger partial charge in [-0.15, -0.1) is 0 Å². The third-order valence-electron chi connectivity index (χ3n) is 5.36. The summed E-state index contributed by atoms with van der Waals surface area (Å²) in [4.78, 5) is 39.1. The summed E-state index contributed by atoms with van der Waals surface area (Å²) in [5.74, 6) is 0.390. The highest BCUT2D eigenvalue weighted by molar-refractivity contribution is 5.94. The quantitative estimate of drug-likeness (QED) is 0.605. The molecule has 3 amide bonds. The summed E-state index contributed by atoms with van der Waals surface area (Å²) in [6.07, 6.45) is 2.43. The molecule has 0 bridgehead atoms. The number of nitrogens with one attached hydrogen (secondary N) is 2. The van der Waals surface area contributed by atoms with Gasteiger partial charge in [-0.2, -0.15) is 0 Å². The van der Waals surface area contributed by atoms with Crippen molar-refractivity contribution in [2.75, 3.05) is 26.7 Å². The normalized spacial score (nSPS) is 15.4. The molecule has 0 unspecified atom stereocenters. The number of methoxy groups -OCH3 is 1. The van der Waals surface area contributed by atoms with Crippen LogP contribution in [0.2, 0.25) is 0 Å². The first-order chi connectivity index (χ1) is 15.1. The Morgan fingerprint density at radius 2 is 1.71 bits per heavy atom. The van der Waals surface area contributed by atoms with Gasteiger partial charge >= 0.3 is 0 Å². The predicted octanol–water partition coefficient (Wildman–Crippen LogP) is 2.17. The fourth-order valence-corrected chi connectivity index (χ4v) is 3.67. The highest BCUT2D eigenvalue weighted by atomic mass is 16.5. The molecule has 0 spiro atoms. The maximum Gasteiger partial charge on any atom is 0.251 e. The van der Waals surface area contributed by atoms with E-state index in [4.69, 9.17) is 4.74 Å². The smallest absolute Gasteiger partial charge is 0.251 e. The van der Waals surface area contributed by atoms with Crippen LogP contribution in [0.1, 0.15) is 35.2 Å². The van der Waals surface area contributed by atoms with E-state index in [9.17, 15) is 14.4 Å². The molecule has 0 saturated carbocycles. The van der Waals surface area contributed by atoms with Crippen molar-refractivity contribution in [3.63, 3.8) is 0 Å². The Bertz CT molecular complexity index is 883. The highest BCUT2D eigenvalue weighted by Gasteiger charge is 2.33. The fourth-order valence-electron chi connectivity index (χ4n) is 3.67. The molecule has 2 N–H and O–H groups in total. The van der Waals surface area contributed by atoms with Crippen molar-refractivity contribution >= 4 is 17.7 Å². The van der Waals surface area contributed by atoms with Crippen LogP contribution in [0.25, 0.3) is 0 Å². The first-order valence-corrected chi connectivity index (χ1v) is 10.6. The maximum absolute atomic E-state index is 12.6. The van der Waals surface area contributed by atoms with E-state index in [0.717, 1.165) is 12.0 Å². The Hall–Kier alpha value is -3.35. The summed E-state index contributed by atoms with van der Waals surface area (Å²) >= 11 is 0. The number of benzene rings is 2. The standard InChI is InChI=1S/C24H29N3O4/c1-31-20-12-10-19(11-13-20)23(29)25-14-6-15-26-24(30)21-9-5-16-27(21)22(28)17-18-7-3-2-4-8-18/h2-4,7-8,10-13,21H,5-6,9,14-17H2,1H3,(H,25,29)(H,26,30)/t21-/m0/s1. The first-order valence-electron chi connectivity index (χ1n) is 10.6. The summed E-state index contributed by atoms with van der Waals surface area (Å²) in [5, 5.41) is 5.74. The lowest BCUT2D eigenvalue weighted by molar-refractivity contribution is -0.137. The van der Waals surface area contributed by atoms with Crippen LogP contribution in [-0.2, 0) is 16.0 Å². The van der Waals surface area contributed by atoms with Crippen molar-refractivity contribution in [3.05, 3.63) is 65.7 Å². The van der Waals surface area contributed by atoms with E-state index in [1.54, 1.807) is 36.3 Å². The van der Waals surface area contributed by atoms with Gasteiger partial charge in [-0.05, 0) is 49.1 Å². The Balaban J connectivity index is 1.38. The fraction of sp³-hybridized carbons (Fsp3) is 0.375. The van der Waals surface area contributed by atoms with Gasteiger partial charge < -0.3 is 20.3 Å². The molecule has 1 saturated heterocycles. The molecular formula is C24H29N3O4. The third kappa shape index (κ3) is 6.31. The van der Waals surface area contributed by atoms with Crippen LogP contribution in [0.4, 0.5) is 0 Å². The molecule has 1 aliphatic heterocycles. The van der Waals surface area contributed by atoms with Gasteiger partial charge in [-0.1, -0.05) is 30.3 Å². The van der Waals surface area contributed by atoms with Gasteiger partial charge in [-0.25, -0.2) is 0 Å². The minimum absolute atomic E-state index is 0.0180. The Morgan fingerprint density at radius 1 is 1.00 bits per heavy atom. The first kappa shape index (κ1) is 22.3. The van der Waals surface area contributed by atoms with Crippen molar-refractivity contribution in [3.8, 4) is 5.75 Å². The maximum atomic E-state index is 12.6. The van der Waals surface area contributed by atoms with Gasteiger partial charge in [0.25, 0.3) is 5.91 Å². The molecule has 1 fully saturated rings. The second-order valence-electron chi connectivity index (χ2n) is 7.54. The number of ether oxygens (including phenoxy) is 1. The summed E-state index contributed by atoms with van der Waals surface area (Å²) in [6, 6.07) is 16.0. The van der Waals surface area contributed by atoms with Gasteiger partial charge in [0.2, 0.25) is 11.8 Å². The molecule has 1 aliphatic rings. The van der Waals surface area contributed by atoms with Crippen molar-refractivity contribution in [1.29, 1.82) is 0 Å². The Morgan fingerprint density at radius 3 is 2.42 bits per heavy atom. The average Bonchev–Trinajstić information content (AvgIpc) is 3.29. The lowest BCUT2D eigenvalue weighted by Crippen LogP contribution is -2.46. The highest BCUT2D eigenvalue weighted by Crippen LogP contribution is 2.19. The molecule has 2 aromatic carbocycles. The van der Waals surface area contributed by atoms with Gasteiger partial charge in [0.15, 0.2) is 0 Å². The van der Waals surface area contributed by atoms with Crippen LogP contribution in [0.15, 0.2) is 54.6 Å². The summed E-state index contributed by atoms with van der Waals surface area (Å²) < 4.78 is 5.08. The zero-order chi connectivity index (χ0) is 22.1. The minimum Gasteiger partial charge on any atom is -0.497 e. The predicted molar refractivity (Wildman–Crippen MR) is 118 cm³/mol. The molecule has 3 rings (SSSR count). The second-order valence-corrected chi connectivity index (χ2v) is 7.54. The second kappa shape index (κ2) is 11.2. The molecule has 1 heterocycles. The number of carbonyl (C=O) groups is 3. The van der Waals surface area contributed by atoms with Crippen LogP contribution < -0.4 is 15.4 Å². The van der Waals surface area contributed by atoms with Crippen LogP contribution in [0.5, 0.6) is 5.75 Å². The Labute approximate surface area is 182 Å². The van der Waals surface area contributed by atoms with E-state index < -0.39 is 6.04 Å². The largest absolute Gasteiger partial charge is 0.497 e. The van der Waals surface area contributed by atoms with E-state index in [2.05, 4.69) is 10.6 Å². The number of carbonyl (C=O) groups excluding carboxylic acids is 3. The number of amides is 3. The van der Waals surface area contributed by atoms with Crippen molar-refractivity contribution < 1.29 is 19.1 Å². The van der Waals surface area contributed by atoms with Gasteiger partial charge in [0.1, 0.15) is 11.8 Å². The number of rotatable bonds is 9. The molecule has 7 heteroatoms. The molecule has 7 nitrogen and oxygen atoms in total. The number of hydrogen-bond acceptors (Lipinski definition) is 4. The zero-order valence-corrected chi connectivity index (χ0v) is 17.8. The molecule has 1 atom stereocenters. The SMILES string of the molecule is COc1ccc(C(=O)NCCCNC(=O)[C@@H]2CCCN2C(=O)Cc2ccccc2)cc1. The van der Waals surface area contributed by atoms with E-state index in [1.807, 2.05) is 30.3 Å². The lowest BCUT2D eigenvalue weighted by Gasteiger charge is -2.24. The van der Waals surface area contributed by atoms with Crippen LogP contribution in [0.3, 0.4) is 0 Å². The molecule has 0 aromatic heterocycles. The topological polar surface area (TPSA) is 87.7 Å². The number of likely N-dealkylation sites (tertiary alicyclic amines) is 1. The molecule has 0 radical (unpaired) electrons. The van der Waals surface area contributed by atoms with E-state index in [0.29, 0.717) is 50.2 Å². The van der Waals surface area contributed by atoms with Crippen molar-refractivity contribution in [2.45, 2.75) is 31.7 Å². The molecule has 31 heavy (non-hydrogen) atoms. The van der Waals surface area contributed by atoms with Crippen LogP contribution in [0, 0.1) is 0 Å². The summed E-state index contributed by atoms with van der Waals surface area (Å²) in [7, 11) is 1.58. The van der Waals surface area contributed by atoms with Gasteiger partial charge in [0.05, 0.1) is 13.5 Å². The van der Waals surface area contributed by atoms with Gasteiger partial charge in [0, 0.05) is 25.2 Å². The molecule has 164 valence electrons. The van der Waals surface area contributed by atoms with Crippen molar-refractivity contribution in [1.82, 2.24) is 15.5 Å². The van der Waals surface area contributed by atoms with Gasteiger partial charge in [-0.3, -0.25) is 14.4 Å². The van der Waals surface area contributed by atoms with Crippen LogP contribution >= 0.6 is 0 Å². The monoisotopic (exact) mass is 423 g/mol. The molecule has 2 aromatic rings. The third-order valence-corrected chi connectivity index (χ3v) is 5.36. The van der Waals surface area contributed by atoms with Crippen LogP contribution in [-0.4, -0.2) is 55.4 Å². The number of hydrogen-bond donors (Lipinski definition) is 2. The number of nitrogens with zero attached hydrogens (tertiary/aromatic N) is 1. The zero-order valence-electron chi connectivity index (χ0n) is 17.8. The molecule has 0 aliphatic carbocycles. The summed E-state index contributed by atoms with van der Waals surface area (Å²) in [5.41, 5.74) is 1.51. The Kier molecular flexibility index (Phi) is 8.04. The van der Waals surface area contributed by atoms with Crippen molar-refractivity contribution in [2.24, 2.45) is 0 Å². The lowest BCUT2D eigenvalue weighted by atomic mass is 10.1. The van der Waals surface area contributed by atoms with E-state index in [-0.39, 0.29) is 17.7 Å². The van der Waals surface area contributed by atoms with E-state index >= 15 is 0 Å². The summed E-state index contributed by atoms with van der Waals surface area (Å²) in [6.45, 7) is 1.51.